The van der Waals surface area contributed by atoms with Crippen LogP contribution in [0, 0.1) is 0 Å². The maximum Gasteiger partial charge on any atom is 0.337 e. The summed E-state index contributed by atoms with van der Waals surface area (Å²) in [6, 6.07) is 1.59. The Hall–Kier alpha value is -0.820. The molecule has 1 rings (SSSR count). The van der Waals surface area contributed by atoms with Crippen molar-refractivity contribution >= 4 is 39.3 Å². The third-order valence-electron chi connectivity index (χ3n) is 1.53. The van der Waals surface area contributed by atoms with E-state index in [1.54, 1.807) is 0 Å². The summed E-state index contributed by atoms with van der Waals surface area (Å²) in [6.45, 7) is 0. The molecule has 2 N–H and O–H groups in total. The van der Waals surface area contributed by atoms with Gasteiger partial charge in [0.1, 0.15) is 0 Å². The first-order valence-electron chi connectivity index (χ1n) is 3.43. The summed E-state index contributed by atoms with van der Waals surface area (Å²) in [7, 11) is -4.50. The van der Waals surface area contributed by atoms with Crippen LogP contribution in [0.25, 0.3) is 0 Å². The first-order chi connectivity index (χ1) is 6.73. The van der Waals surface area contributed by atoms with Gasteiger partial charge in [-0.1, -0.05) is 23.2 Å². The number of carboxylic acid groups (broad SMARTS) is 1. The third kappa shape index (κ3) is 2.60. The van der Waals surface area contributed by atoms with Gasteiger partial charge in [0.05, 0.1) is 20.5 Å². The summed E-state index contributed by atoms with van der Waals surface area (Å²) < 4.78 is 30.2. The second-order valence-corrected chi connectivity index (χ2v) is 4.75. The van der Waals surface area contributed by atoms with Gasteiger partial charge in [0.2, 0.25) is 0 Å². The molecule has 82 valence electrons. The van der Waals surface area contributed by atoms with E-state index in [4.69, 9.17) is 32.9 Å². The molecule has 0 aliphatic rings. The normalized spacial score (nSPS) is 11.4. The second-order valence-electron chi connectivity index (χ2n) is 2.55. The van der Waals surface area contributed by atoms with Gasteiger partial charge in [-0.05, 0) is 12.1 Å². The van der Waals surface area contributed by atoms with E-state index in [2.05, 4.69) is 0 Å². The van der Waals surface area contributed by atoms with Crippen molar-refractivity contribution in [2.75, 3.05) is 0 Å². The van der Waals surface area contributed by atoms with Crippen molar-refractivity contribution in [3.8, 4) is 0 Å². The molecule has 0 saturated carbocycles. The maximum absolute atomic E-state index is 10.7. The van der Waals surface area contributed by atoms with E-state index in [9.17, 15) is 13.2 Å². The van der Waals surface area contributed by atoms with E-state index < -0.39 is 26.5 Å². The van der Waals surface area contributed by atoms with Crippen molar-refractivity contribution < 1.29 is 22.9 Å². The molecule has 0 unspecified atom stereocenters. The lowest BCUT2D eigenvalue weighted by Gasteiger charge is -2.04. The number of hydrogen-bond acceptors (Lipinski definition) is 3. The average Bonchev–Trinajstić information content (AvgIpc) is 2.06. The molecule has 15 heavy (non-hydrogen) atoms. The van der Waals surface area contributed by atoms with Gasteiger partial charge in [-0.3, -0.25) is 4.55 Å². The van der Waals surface area contributed by atoms with Crippen molar-refractivity contribution in [2.24, 2.45) is 0 Å². The summed E-state index contributed by atoms with van der Waals surface area (Å²) in [5.74, 6) is -1.44. The Morgan fingerprint density at radius 1 is 1.27 bits per heavy atom. The van der Waals surface area contributed by atoms with Crippen LogP contribution in [-0.4, -0.2) is 24.0 Å². The lowest BCUT2D eigenvalue weighted by molar-refractivity contribution is 0.0697. The van der Waals surface area contributed by atoms with Crippen LogP contribution in [0.2, 0.25) is 10.0 Å². The molecule has 5 nitrogen and oxygen atoms in total. The second kappa shape index (κ2) is 3.97. The van der Waals surface area contributed by atoms with Gasteiger partial charge in [-0.25, -0.2) is 4.79 Å². The summed E-state index contributed by atoms with van der Waals surface area (Å²) in [4.78, 5) is 10.0. The Labute approximate surface area is 95.0 Å². The number of rotatable bonds is 2. The van der Waals surface area contributed by atoms with Gasteiger partial charge < -0.3 is 5.11 Å². The molecule has 1 aromatic rings. The highest BCUT2D eigenvalue weighted by atomic mass is 35.5. The maximum atomic E-state index is 10.7. The zero-order valence-electron chi connectivity index (χ0n) is 6.94. The monoisotopic (exact) mass is 270 g/mol. The molecule has 0 spiro atoms. The summed E-state index contributed by atoms with van der Waals surface area (Å²) in [5, 5.41) is 8.12. The van der Waals surface area contributed by atoms with Crippen LogP contribution in [0.3, 0.4) is 0 Å². The molecule has 0 aliphatic heterocycles. The van der Waals surface area contributed by atoms with Crippen LogP contribution in [0.15, 0.2) is 17.0 Å². The molecular formula is C7H4Cl2O5S. The summed E-state index contributed by atoms with van der Waals surface area (Å²) >= 11 is 11.0. The van der Waals surface area contributed by atoms with Crippen molar-refractivity contribution in [3.63, 3.8) is 0 Å². The minimum absolute atomic E-state index is 0.260. The fourth-order valence-corrected chi connectivity index (χ4v) is 1.88. The lowest BCUT2D eigenvalue weighted by atomic mass is 10.2. The molecule has 0 saturated heterocycles. The van der Waals surface area contributed by atoms with Gasteiger partial charge in [-0.2, -0.15) is 8.42 Å². The zero-order chi connectivity index (χ0) is 11.8. The van der Waals surface area contributed by atoms with E-state index >= 15 is 0 Å². The lowest BCUT2D eigenvalue weighted by Crippen LogP contribution is -2.03. The van der Waals surface area contributed by atoms with Crippen LogP contribution in [0.4, 0.5) is 0 Å². The molecule has 1 aromatic carbocycles. The van der Waals surface area contributed by atoms with E-state index in [1.807, 2.05) is 0 Å². The molecule has 0 atom stereocenters. The molecule has 0 aromatic heterocycles. The SMILES string of the molecule is O=C(O)c1cc(S(=O)(=O)O)cc(Cl)c1Cl. The molecule has 0 heterocycles. The van der Waals surface area contributed by atoms with E-state index in [1.165, 1.54) is 0 Å². The predicted octanol–water partition coefficient (Wildman–Crippen LogP) is 1.94. The number of carbonyl (C=O) groups is 1. The number of benzene rings is 1. The first-order valence-corrected chi connectivity index (χ1v) is 5.63. The number of aromatic carboxylic acids is 1. The third-order valence-corrected chi connectivity index (χ3v) is 3.16. The van der Waals surface area contributed by atoms with E-state index in [-0.39, 0.29) is 10.0 Å². The van der Waals surface area contributed by atoms with Gasteiger partial charge >= 0.3 is 5.97 Å². The van der Waals surface area contributed by atoms with Gasteiger partial charge in [-0.15, -0.1) is 0 Å². The van der Waals surface area contributed by atoms with Crippen LogP contribution in [-0.2, 0) is 10.1 Å². The van der Waals surface area contributed by atoms with Gasteiger partial charge in [0.15, 0.2) is 0 Å². The molecule has 0 fully saturated rings. The van der Waals surface area contributed by atoms with Gasteiger partial charge in [0, 0.05) is 0 Å². The highest BCUT2D eigenvalue weighted by molar-refractivity contribution is 7.85. The molecule has 0 radical (unpaired) electrons. The summed E-state index contributed by atoms with van der Waals surface area (Å²) in [5.41, 5.74) is -0.489. The van der Waals surface area contributed by atoms with Crippen LogP contribution in [0.5, 0.6) is 0 Å². The predicted molar refractivity (Wildman–Crippen MR) is 53.2 cm³/mol. The highest BCUT2D eigenvalue weighted by Gasteiger charge is 2.19. The fourth-order valence-electron chi connectivity index (χ4n) is 0.869. The Morgan fingerprint density at radius 3 is 2.20 bits per heavy atom. The fraction of sp³-hybridized carbons (Fsp3) is 0. The molecule has 0 aliphatic carbocycles. The Balaban J connectivity index is 3.57. The quantitative estimate of drug-likeness (QED) is 0.802. The number of halogens is 2. The minimum Gasteiger partial charge on any atom is -0.478 e. The Bertz CT molecular complexity index is 522. The molecular weight excluding hydrogens is 267 g/mol. The number of hydrogen-bond donors (Lipinski definition) is 2. The van der Waals surface area contributed by atoms with E-state index in [0.29, 0.717) is 0 Å². The Kier molecular flexibility index (Phi) is 3.25. The zero-order valence-corrected chi connectivity index (χ0v) is 9.27. The smallest absolute Gasteiger partial charge is 0.337 e. The largest absolute Gasteiger partial charge is 0.478 e. The molecule has 8 heteroatoms. The summed E-state index contributed by atoms with van der Waals surface area (Å²) in [6.07, 6.45) is 0. The van der Waals surface area contributed by atoms with Crippen molar-refractivity contribution in [1.29, 1.82) is 0 Å². The van der Waals surface area contributed by atoms with Crippen LogP contribution >= 0.6 is 23.2 Å². The van der Waals surface area contributed by atoms with Crippen LogP contribution in [0.1, 0.15) is 10.4 Å². The highest BCUT2D eigenvalue weighted by Crippen LogP contribution is 2.29. The molecule has 0 bridgehead atoms. The van der Waals surface area contributed by atoms with Crippen LogP contribution < -0.4 is 0 Å². The topological polar surface area (TPSA) is 91.7 Å². The molecule has 0 amide bonds. The standard InChI is InChI=1S/C7H4Cl2O5S/c8-5-2-3(15(12,13)14)1-4(6(5)9)7(10)11/h1-2H,(H,10,11)(H,12,13,14). The first kappa shape index (κ1) is 12.3. The van der Waals surface area contributed by atoms with Gasteiger partial charge in [0.25, 0.3) is 10.1 Å². The number of carboxylic acids is 1. The minimum atomic E-state index is -4.50. The Morgan fingerprint density at radius 2 is 1.80 bits per heavy atom. The van der Waals surface area contributed by atoms with E-state index in [0.717, 1.165) is 12.1 Å². The average molecular weight is 271 g/mol. The van der Waals surface area contributed by atoms with Crippen molar-refractivity contribution in [1.82, 2.24) is 0 Å². The van der Waals surface area contributed by atoms with Crippen molar-refractivity contribution in [2.45, 2.75) is 4.90 Å². The van der Waals surface area contributed by atoms with Crippen molar-refractivity contribution in [3.05, 3.63) is 27.7 Å².